The number of benzene rings is 2. The first-order valence-corrected chi connectivity index (χ1v) is 7.88. The molecular formula is C19H24N2O2. The van der Waals surface area contributed by atoms with Gasteiger partial charge in [0, 0.05) is 13.1 Å². The van der Waals surface area contributed by atoms with Gasteiger partial charge in [0.15, 0.2) is 0 Å². The normalized spacial score (nSPS) is 10.2. The van der Waals surface area contributed by atoms with E-state index in [2.05, 4.69) is 28.8 Å². The van der Waals surface area contributed by atoms with Crippen molar-refractivity contribution in [3.63, 3.8) is 0 Å². The molecule has 2 amide bonds. The monoisotopic (exact) mass is 312 g/mol. The number of urea groups is 1. The first-order valence-electron chi connectivity index (χ1n) is 7.88. The molecule has 0 aliphatic heterocycles. The van der Waals surface area contributed by atoms with Gasteiger partial charge < -0.3 is 15.4 Å². The molecule has 122 valence electrons. The highest BCUT2D eigenvalue weighted by molar-refractivity contribution is 5.73. The lowest BCUT2D eigenvalue weighted by Gasteiger charge is -2.11. The van der Waals surface area contributed by atoms with Crippen LogP contribution in [0.4, 0.5) is 4.79 Å². The standard InChI is InChI=1S/C19H24N2O2/c1-15-8-9-18(23-2)17(14-15)11-13-21-19(22)20-12-10-16-6-4-3-5-7-16/h3-9,14H,10-13H2,1-2H3,(H2,20,21,22). The highest BCUT2D eigenvalue weighted by atomic mass is 16.5. The van der Waals surface area contributed by atoms with Crippen LogP contribution in [0.15, 0.2) is 48.5 Å². The summed E-state index contributed by atoms with van der Waals surface area (Å²) >= 11 is 0. The minimum absolute atomic E-state index is 0.132. The summed E-state index contributed by atoms with van der Waals surface area (Å²) < 4.78 is 5.34. The number of hydrogen-bond acceptors (Lipinski definition) is 2. The van der Waals surface area contributed by atoms with Gasteiger partial charge in [0.2, 0.25) is 0 Å². The van der Waals surface area contributed by atoms with Crippen LogP contribution < -0.4 is 15.4 Å². The summed E-state index contributed by atoms with van der Waals surface area (Å²) in [6, 6.07) is 16.1. The van der Waals surface area contributed by atoms with Crippen LogP contribution in [0.3, 0.4) is 0 Å². The highest BCUT2D eigenvalue weighted by Crippen LogP contribution is 2.19. The quantitative estimate of drug-likeness (QED) is 0.825. The van der Waals surface area contributed by atoms with Crippen molar-refractivity contribution in [2.45, 2.75) is 19.8 Å². The van der Waals surface area contributed by atoms with Crippen molar-refractivity contribution in [2.24, 2.45) is 0 Å². The van der Waals surface area contributed by atoms with Gasteiger partial charge in [-0.05, 0) is 37.0 Å². The van der Waals surface area contributed by atoms with Crippen molar-refractivity contribution in [3.05, 3.63) is 65.2 Å². The van der Waals surface area contributed by atoms with E-state index in [0.717, 1.165) is 24.2 Å². The zero-order valence-electron chi connectivity index (χ0n) is 13.8. The maximum Gasteiger partial charge on any atom is 0.314 e. The van der Waals surface area contributed by atoms with Gasteiger partial charge in [-0.1, -0.05) is 48.0 Å². The topological polar surface area (TPSA) is 50.4 Å². The Balaban J connectivity index is 1.70. The zero-order valence-corrected chi connectivity index (χ0v) is 13.8. The van der Waals surface area contributed by atoms with E-state index in [4.69, 9.17) is 4.74 Å². The largest absolute Gasteiger partial charge is 0.496 e. The molecular weight excluding hydrogens is 288 g/mol. The van der Waals surface area contributed by atoms with Crippen LogP contribution in [-0.2, 0) is 12.8 Å². The number of rotatable bonds is 7. The van der Waals surface area contributed by atoms with Crippen molar-refractivity contribution in [1.82, 2.24) is 10.6 Å². The summed E-state index contributed by atoms with van der Waals surface area (Å²) in [5, 5.41) is 5.76. The van der Waals surface area contributed by atoms with E-state index in [9.17, 15) is 4.79 Å². The summed E-state index contributed by atoms with van der Waals surface area (Å²) in [6.07, 6.45) is 1.58. The van der Waals surface area contributed by atoms with Crippen LogP contribution in [0.2, 0.25) is 0 Å². The zero-order chi connectivity index (χ0) is 16.5. The molecule has 0 saturated heterocycles. The lowest BCUT2D eigenvalue weighted by molar-refractivity contribution is 0.241. The molecule has 4 heteroatoms. The van der Waals surface area contributed by atoms with Gasteiger partial charge in [-0.3, -0.25) is 0 Å². The molecule has 4 nitrogen and oxygen atoms in total. The van der Waals surface area contributed by atoms with Crippen molar-refractivity contribution in [3.8, 4) is 5.75 Å². The first-order chi connectivity index (χ1) is 11.2. The van der Waals surface area contributed by atoms with E-state index < -0.39 is 0 Å². The lowest BCUT2D eigenvalue weighted by atomic mass is 10.1. The molecule has 0 bridgehead atoms. The third-order valence-corrected chi connectivity index (χ3v) is 3.66. The van der Waals surface area contributed by atoms with Crippen LogP contribution in [0.25, 0.3) is 0 Å². The number of hydrogen-bond donors (Lipinski definition) is 2. The third-order valence-electron chi connectivity index (χ3n) is 3.66. The van der Waals surface area contributed by atoms with Crippen molar-refractivity contribution in [1.29, 1.82) is 0 Å². The van der Waals surface area contributed by atoms with Crippen LogP contribution in [0.5, 0.6) is 5.75 Å². The van der Waals surface area contributed by atoms with E-state index >= 15 is 0 Å². The van der Waals surface area contributed by atoms with Gasteiger partial charge in [-0.25, -0.2) is 4.79 Å². The summed E-state index contributed by atoms with van der Waals surface area (Å²) in [4.78, 5) is 11.8. The van der Waals surface area contributed by atoms with Crippen LogP contribution in [0, 0.1) is 6.92 Å². The first kappa shape index (κ1) is 16.9. The van der Waals surface area contributed by atoms with Crippen LogP contribution >= 0.6 is 0 Å². The molecule has 0 aliphatic carbocycles. The number of carbonyl (C=O) groups is 1. The van der Waals surface area contributed by atoms with Crippen LogP contribution in [0.1, 0.15) is 16.7 Å². The molecule has 0 heterocycles. The molecule has 0 atom stereocenters. The smallest absolute Gasteiger partial charge is 0.314 e. The second-order valence-electron chi connectivity index (χ2n) is 5.48. The average molecular weight is 312 g/mol. The number of carbonyl (C=O) groups excluding carboxylic acids is 1. The predicted molar refractivity (Wildman–Crippen MR) is 93.0 cm³/mol. The average Bonchev–Trinajstić information content (AvgIpc) is 2.56. The fraction of sp³-hybridized carbons (Fsp3) is 0.316. The molecule has 23 heavy (non-hydrogen) atoms. The second kappa shape index (κ2) is 8.83. The van der Waals surface area contributed by atoms with E-state index in [-0.39, 0.29) is 6.03 Å². The Kier molecular flexibility index (Phi) is 6.48. The summed E-state index contributed by atoms with van der Waals surface area (Å²) in [7, 11) is 1.66. The summed E-state index contributed by atoms with van der Waals surface area (Å²) in [5.74, 6) is 0.863. The Labute approximate surface area is 137 Å². The summed E-state index contributed by atoms with van der Waals surface area (Å²) in [6.45, 7) is 3.26. The van der Waals surface area contributed by atoms with E-state index in [0.29, 0.717) is 13.1 Å². The molecule has 0 spiro atoms. The predicted octanol–water partition coefficient (Wildman–Crippen LogP) is 3.09. The Bertz CT molecular complexity index is 627. The Hall–Kier alpha value is -2.49. The van der Waals surface area contributed by atoms with E-state index in [1.807, 2.05) is 37.3 Å². The fourth-order valence-corrected chi connectivity index (χ4v) is 2.44. The second-order valence-corrected chi connectivity index (χ2v) is 5.48. The van der Waals surface area contributed by atoms with Gasteiger partial charge in [0.1, 0.15) is 5.75 Å². The van der Waals surface area contributed by atoms with Crippen molar-refractivity contribution >= 4 is 6.03 Å². The van der Waals surface area contributed by atoms with Gasteiger partial charge >= 0.3 is 6.03 Å². The minimum Gasteiger partial charge on any atom is -0.496 e. The molecule has 2 rings (SSSR count). The Morgan fingerprint density at radius 1 is 1.00 bits per heavy atom. The summed E-state index contributed by atoms with van der Waals surface area (Å²) in [5.41, 5.74) is 3.52. The van der Waals surface area contributed by atoms with E-state index in [1.54, 1.807) is 7.11 Å². The SMILES string of the molecule is COc1ccc(C)cc1CCNC(=O)NCCc1ccccc1. The molecule has 2 N–H and O–H groups in total. The Morgan fingerprint density at radius 3 is 2.39 bits per heavy atom. The molecule has 0 aromatic heterocycles. The molecule has 0 aliphatic rings. The molecule has 0 saturated carbocycles. The van der Waals surface area contributed by atoms with Gasteiger partial charge in [-0.2, -0.15) is 0 Å². The van der Waals surface area contributed by atoms with Crippen molar-refractivity contribution in [2.75, 3.05) is 20.2 Å². The van der Waals surface area contributed by atoms with Gasteiger partial charge in [-0.15, -0.1) is 0 Å². The highest BCUT2D eigenvalue weighted by Gasteiger charge is 2.04. The minimum atomic E-state index is -0.132. The van der Waals surface area contributed by atoms with Gasteiger partial charge in [0.25, 0.3) is 0 Å². The molecule has 2 aromatic rings. The maximum atomic E-state index is 11.8. The molecule has 0 fully saturated rings. The van der Waals surface area contributed by atoms with E-state index in [1.165, 1.54) is 11.1 Å². The van der Waals surface area contributed by atoms with Crippen molar-refractivity contribution < 1.29 is 9.53 Å². The lowest BCUT2D eigenvalue weighted by Crippen LogP contribution is -2.37. The molecule has 2 aromatic carbocycles. The van der Waals surface area contributed by atoms with Gasteiger partial charge in [0.05, 0.1) is 7.11 Å². The number of nitrogens with one attached hydrogen (secondary N) is 2. The Morgan fingerprint density at radius 2 is 1.70 bits per heavy atom. The fourth-order valence-electron chi connectivity index (χ4n) is 2.44. The maximum absolute atomic E-state index is 11.8. The number of amides is 2. The third kappa shape index (κ3) is 5.66. The molecule has 0 unspecified atom stereocenters. The van der Waals surface area contributed by atoms with Crippen LogP contribution in [-0.4, -0.2) is 26.2 Å². The number of ether oxygens (including phenoxy) is 1. The molecule has 0 radical (unpaired) electrons. The number of methoxy groups -OCH3 is 1. The number of aryl methyl sites for hydroxylation is 1.